The highest BCUT2D eigenvalue weighted by Gasteiger charge is 2.20. The van der Waals surface area contributed by atoms with E-state index in [1.807, 2.05) is 36.4 Å². The van der Waals surface area contributed by atoms with E-state index in [0.29, 0.717) is 12.2 Å². The average Bonchev–Trinajstić information content (AvgIpc) is 3.36. The van der Waals surface area contributed by atoms with Crippen LogP contribution in [0.5, 0.6) is 5.75 Å². The number of nitrogens with one attached hydrogen (secondary N) is 2. The Bertz CT molecular complexity index is 1140. The van der Waals surface area contributed by atoms with E-state index in [9.17, 15) is 9.59 Å². The number of nitrogens with zero attached hydrogens (tertiary/aromatic N) is 3. The highest BCUT2D eigenvalue weighted by molar-refractivity contribution is 5.98. The van der Waals surface area contributed by atoms with Crippen molar-refractivity contribution in [3.05, 3.63) is 52.4 Å². The molecule has 0 aliphatic carbocycles. The van der Waals surface area contributed by atoms with Crippen LogP contribution < -0.4 is 26.0 Å². The number of imidazole rings is 1. The second kappa shape index (κ2) is 8.14. The third kappa shape index (κ3) is 3.72. The van der Waals surface area contributed by atoms with Crippen LogP contribution in [0.25, 0.3) is 11.0 Å². The SMILES string of the molecule is COc1cccc(CNC(=O)Nc2cc3c(cc2N2CCCC2)n(C)c(=O)n3C)c1. The molecule has 0 spiro atoms. The van der Waals surface area contributed by atoms with E-state index in [0.717, 1.165) is 54.0 Å². The molecule has 1 aromatic heterocycles. The molecule has 2 N–H and O–H groups in total. The van der Waals surface area contributed by atoms with Gasteiger partial charge in [-0.05, 0) is 42.7 Å². The average molecular weight is 409 g/mol. The Hall–Kier alpha value is -3.42. The van der Waals surface area contributed by atoms with Crippen LogP contribution in [0.3, 0.4) is 0 Å². The second-order valence-corrected chi connectivity index (χ2v) is 7.61. The molecule has 0 unspecified atom stereocenters. The second-order valence-electron chi connectivity index (χ2n) is 7.61. The summed E-state index contributed by atoms with van der Waals surface area (Å²) in [5, 5.41) is 5.88. The molecular weight excluding hydrogens is 382 g/mol. The molecule has 0 bridgehead atoms. The number of aromatic nitrogens is 2. The van der Waals surface area contributed by atoms with E-state index in [-0.39, 0.29) is 11.7 Å². The predicted molar refractivity (Wildman–Crippen MR) is 118 cm³/mol. The summed E-state index contributed by atoms with van der Waals surface area (Å²) in [5.41, 5.74) is 4.15. The zero-order chi connectivity index (χ0) is 21.3. The summed E-state index contributed by atoms with van der Waals surface area (Å²) < 4.78 is 8.47. The number of aryl methyl sites for hydroxylation is 2. The number of hydrogen-bond acceptors (Lipinski definition) is 4. The lowest BCUT2D eigenvalue weighted by Crippen LogP contribution is -2.29. The molecule has 3 aromatic rings. The van der Waals surface area contributed by atoms with Crippen LogP contribution in [0, 0.1) is 0 Å². The molecule has 1 aliphatic heterocycles. The lowest BCUT2D eigenvalue weighted by atomic mass is 10.2. The molecule has 0 saturated carbocycles. The van der Waals surface area contributed by atoms with Gasteiger partial charge < -0.3 is 20.3 Å². The van der Waals surface area contributed by atoms with Gasteiger partial charge >= 0.3 is 11.7 Å². The summed E-state index contributed by atoms with van der Waals surface area (Å²) in [6, 6.07) is 11.2. The van der Waals surface area contributed by atoms with Gasteiger partial charge in [-0.1, -0.05) is 12.1 Å². The molecule has 158 valence electrons. The van der Waals surface area contributed by atoms with Gasteiger partial charge in [-0.3, -0.25) is 9.13 Å². The number of methoxy groups -OCH3 is 1. The number of urea groups is 1. The molecule has 1 aliphatic rings. The maximum absolute atomic E-state index is 12.7. The summed E-state index contributed by atoms with van der Waals surface area (Å²) in [4.78, 5) is 27.3. The first-order valence-electron chi connectivity index (χ1n) is 10.1. The van der Waals surface area contributed by atoms with Crippen molar-refractivity contribution in [3.8, 4) is 5.75 Å². The number of fused-ring (bicyclic) bond motifs is 1. The van der Waals surface area contributed by atoms with Gasteiger partial charge in [0.25, 0.3) is 0 Å². The van der Waals surface area contributed by atoms with Crippen LogP contribution in [-0.4, -0.2) is 35.4 Å². The molecule has 2 heterocycles. The minimum atomic E-state index is -0.293. The van der Waals surface area contributed by atoms with Gasteiger partial charge in [-0.2, -0.15) is 0 Å². The van der Waals surface area contributed by atoms with Gasteiger partial charge in [0.15, 0.2) is 0 Å². The van der Waals surface area contributed by atoms with Crippen molar-refractivity contribution >= 4 is 28.4 Å². The fourth-order valence-corrected chi connectivity index (χ4v) is 3.99. The van der Waals surface area contributed by atoms with E-state index >= 15 is 0 Å². The smallest absolute Gasteiger partial charge is 0.328 e. The number of hydrogen-bond donors (Lipinski definition) is 2. The molecule has 8 nitrogen and oxygen atoms in total. The monoisotopic (exact) mass is 409 g/mol. The minimum absolute atomic E-state index is 0.0861. The summed E-state index contributed by atoms with van der Waals surface area (Å²) >= 11 is 0. The van der Waals surface area contributed by atoms with Crippen molar-refractivity contribution < 1.29 is 9.53 Å². The number of amides is 2. The first-order valence-corrected chi connectivity index (χ1v) is 10.1. The van der Waals surface area contributed by atoms with Gasteiger partial charge in [-0.15, -0.1) is 0 Å². The van der Waals surface area contributed by atoms with E-state index < -0.39 is 0 Å². The number of anilines is 2. The van der Waals surface area contributed by atoms with Crippen LogP contribution in [0.4, 0.5) is 16.2 Å². The van der Waals surface area contributed by atoms with Crippen LogP contribution >= 0.6 is 0 Å². The van der Waals surface area contributed by atoms with E-state index in [1.165, 1.54) is 0 Å². The van der Waals surface area contributed by atoms with Gasteiger partial charge in [-0.25, -0.2) is 9.59 Å². The molecule has 4 rings (SSSR count). The fourth-order valence-electron chi connectivity index (χ4n) is 3.99. The Labute approximate surface area is 175 Å². The van der Waals surface area contributed by atoms with Crippen molar-refractivity contribution in [1.29, 1.82) is 0 Å². The standard InChI is InChI=1S/C22H27N5O3/c1-25-19-12-17(24-21(28)23-14-15-7-6-8-16(11-15)30-3)18(27-9-4-5-10-27)13-20(19)26(2)22(25)29/h6-8,11-13H,4-5,9-10,14H2,1-3H3,(H2,23,24,28). The van der Waals surface area contributed by atoms with Gasteiger partial charge in [0.2, 0.25) is 0 Å². The number of carbonyl (C=O) groups is 1. The Balaban J connectivity index is 1.60. The Morgan fingerprint density at radius 1 is 1.07 bits per heavy atom. The third-order valence-electron chi connectivity index (χ3n) is 5.67. The van der Waals surface area contributed by atoms with Crippen molar-refractivity contribution in [3.63, 3.8) is 0 Å². The highest BCUT2D eigenvalue weighted by Crippen LogP contribution is 2.33. The molecule has 0 atom stereocenters. The summed E-state index contributed by atoms with van der Waals surface area (Å²) in [6.07, 6.45) is 2.24. The molecule has 1 saturated heterocycles. The molecule has 1 fully saturated rings. The van der Waals surface area contributed by atoms with Crippen molar-refractivity contribution in [2.24, 2.45) is 14.1 Å². The maximum atomic E-state index is 12.7. The molecule has 2 aromatic carbocycles. The van der Waals surface area contributed by atoms with Crippen molar-refractivity contribution in [2.75, 3.05) is 30.4 Å². The van der Waals surface area contributed by atoms with E-state index in [1.54, 1.807) is 30.3 Å². The number of carbonyl (C=O) groups excluding carboxylic acids is 1. The van der Waals surface area contributed by atoms with E-state index in [4.69, 9.17) is 4.74 Å². The predicted octanol–water partition coefficient (Wildman–Crippen LogP) is 2.81. The van der Waals surface area contributed by atoms with Gasteiger partial charge in [0.05, 0.1) is 29.5 Å². The van der Waals surface area contributed by atoms with Crippen LogP contribution in [0.15, 0.2) is 41.2 Å². The molecular formula is C22H27N5O3. The number of ether oxygens (including phenoxy) is 1. The summed E-state index contributed by atoms with van der Waals surface area (Å²) in [5.74, 6) is 0.751. The molecule has 2 amide bonds. The first-order chi connectivity index (χ1) is 14.5. The molecule has 30 heavy (non-hydrogen) atoms. The molecule has 0 radical (unpaired) electrons. The quantitative estimate of drug-likeness (QED) is 0.679. The van der Waals surface area contributed by atoms with Gasteiger partial charge in [0, 0.05) is 33.7 Å². The zero-order valence-corrected chi connectivity index (χ0v) is 17.6. The highest BCUT2D eigenvalue weighted by atomic mass is 16.5. The molecule has 8 heteroatoms. The fraction of sp³-hybridized carbons (Fsp3) is 0.364. The van der Waals surface area contributed by atoms with Gasteiger partial charge in [0.1, 0.15) is 5.75 Å². The van der Waals surface area contributed by atoms with Crippen molar-refractivity contribution in [1.82, 2.24) is 14.5 Å². The number of benzene rings is 2. The summed E-state index contributed by atoms with van der Waals surface area (Å²) in [6.45, 7) is 2.26. The largest absolute Gasteiger partial charge is 0.497 e. The lowest BCUT2D eigenvalue weighted by molar-refractivity contribution is 0.251. The van der Waals surface area contributed by atoms with Crippen LogP contribution in [0.2, 0.25) is 0 Å². The first kappa shape index (κ1) is 19.9. The zero-order valence-electron chi connectivity index (χ0n) is 17.6. The summed E-state index contributed by atoms with van der Waals surface area (Å²) in [7, 11) is 5.13. The Morgan fingerprint density at radius 2 is 1.77 bits per heavy atom. The van der Waals surface area contributed by atoms with Crippen molar-refractivity contribution in [2.45, 2.75) is 19.4 Å². The maximum Gasteiger partial charge on any atom is 0.328 e. The topological polar surface area (TPSA) is 80.5 Å². The Morgan fingerprint density at radius 3 is 2.47 bits per heavy atom. The Kier molecular flexibility index (Phi) is 5.39. The third-order valence-corrected chi connectivity index (χ3v) is 5.67. The van der Waals surface area contributed by atoms with Crippen LogP contribution in [0.1, 0.15) is 18.4 Å². The van der Waals surface area contributed by atoms with Crippen LogP contribution in [-0.2, 0) is 20.6 Å². The number of rotatable bonds is 5. The van der Waals surface area contributed by atoms with E-state index in [2.05, 4.69) is 15.5 Å². The minimum Gasteiger partial charge on any atom is -0.497 e. The lowest BCUT2D eigenvalue weighted by Gasteiger charge is -2.22. The normalized spacial score (nSPS) is 13.6.